The van der Waals surface area contributed by atoms with Crippen molar-refractivity contribution in [2.45, 2.75) is 44.9 Å². The third-order valence-electron chi connectivity index (χ3n) is 5.12. The van der Waals surface area contributed by atoms with E-state index in [4.69, 9.17) is 0 Å². The van der Waals surface area contributed by atoms with Gasteiger partial charge in [0.15, 0.2) is 17.5 Å². The van der Waals surface area contributed by atoms with Crippen molar-refractivity contribution in [2.75, 3.05) is 0 Å². The van der Waals surface area contributed by atoms with E-state index in [0.29, 0.717) is 22.9 Å². The van der Waals surface area contributed by atoms with Gasteiger partial charge in [0, 0.05) is 4.88 Å². The number of carbonyl (C=O) groups excluding carboxylic acids is 1. The van der Waals surface area contributed by atoms with Crippen molar-refractivity contribution >= 4 is 27.3 Å². The van der Waals surface area contributed by atoms with E-state index < -0.39 is 38.3 Å². The normalized spacial score (nSPS) is 17.1. The van der Waals surface area contributed by atoms with Gasteiger partial charge in [0.2, 0.25) is 0 Å². The molecule has 0 aliphatic heterocycles. The number of hydrazine groups is 1. The zero-order chi connectivity index (χ0) is 21.6. The maximum absolute atomic E-state index is 13.7. The largest absolute Gasteiger partial charge is 0.276 e. The first-order chi connectivity index (χ1) is 13.4. The van der Waals surface area contributed by atoms with Crippen molar-refractivity contribution in [1.29, 1.82) is 0 Å². The van der Waals surface area contributed by atoms with Crippen LogP contribution in [-0.4, -0.2) is 14.3 Å². The summed E-state index contributed by atoms with van der Waals surface area (Å²) in [6.07, 6.45) is 2.70. The number of nitrogens with one attached hydrogen (secondary N) is 2. The molecule has 158 valence electrons. The number of fused-ring (bicyclic) bond motifs is 1. The van der Waals surface area contributed by atoms with Gasteiger partial charge in [0.25, 0.3) is 15.9 Å². The van der Waals surface area contributed by atoms with Gasteiger partial charge >= 0.3 is 0 Å². The minimum absolute atomic E-state index is 0.145. The number of benzene rings is 1. The molecular weight excluding hydrogens is 425 g/mol. The lowest BCUT2D eigenvalue weighted by atomic mass is 9.72. The maximum Gasteiger partial charge on any atom is 0.276 e. The second kappa shape index (κ2) is 7.73. The molecule has 0 saturated carbocycles. The third kappa shape index (κ3) is 4.49. The Morgan fingerprint density at radius 1 is 1.17 bits per heavy atom. The van der Waals surface area contributed by atoms with Gasteiger partial charge in [-0.05, 0) is 54.4 Å². The van der Waals surface area contributed by atoms with Gasteiger partial charge in [0.1, 0.15) is 4.90 Å². The molecule has 0 bridgehead atoms. The number of hydrogen-bond donors (Lipinski definition) is 2. The Morgan fingerprint density at radius 2 is 1.86 bits per heavy atom. The van der Waals surface area contributed by atoms with Crippen molar-refractivity contribution in [1.82, 2.24) is 10.3 Å². The monoisotopic (exact) mass is 446 g/mol. The van der Waals surface area contributed by atoms with Crippen LogP contribution in [0.25, 0.3) is 0 Å². The van der Waals surface area contributed by atoms with Gasteiger partial charge in [-0.15, -0.1) is 16.2 Å². The highest BCUT2D eigenvalue weighted by molar-refractivity contribution is 7.89. The summed E-state index contributed by atoms with van der Waals surface area (Å²) in [5.74, 6) is -5.49. The van der Waals surface area contributed by atoms with E-state index in [1.807, 2.05) is 5.43 Å². The Morgan fingerprint density at radius 3 is 2.52 bits per heavy atom. The van der Waals surface area contributed by atoms with Crippen LogP contribution in [0.5, 0.6) is 0 Å². The lowest BCUT2D eigenvalue weighted by Crippen LogP contribution is -2.41. The van der Waals surface area contributed by atoms with E-state index in [-0.39, 0.29) is 5.41 Å². The van der Waals surface area contributed by atoms with E-state index in [1.54, 1.807) is 10.9 Å². The molecule has 0 saturated heterocycles. The Kier molecular flexibility index (Phi) is 5.81. The molecular formula is C19H21F3N2O3S2. The van der Waals surface area contributed by atoms with Crippen LogP contribution in [0.1, 0.15) is 47.3 Å². The van der Waals surface area contributed by atoms with E-state index in [0.717, 1.165) is 29.7 Å². The summed E-state index contributed by atoms with van der Waals surface area (Å²) in [4.78, 5) is 14.4. The second-order valence-corrected chi connectivity index (χ2v) is 10.9. The van der Waals surface area contributed by atoms with Crippen molar-refractivity contribution in [3.8, 4) is 0 Å². The molecule has 1 unspecified atom stereocenters. The molecule has 2 N–H and O–H groups in total. The zero-order valence-electron chi connectivity index (χ0n) is 16.1. The summed E-state index contributed by atoms with van der Waals surface area (Å²) in [5, 5.41) is 0. The predicted octanol–water partition coefficient (Wildman–Crippen LogP) is 3.94. The third-order valence-corrected chi connectivity index (χ3v) is 7.62. The summed E-state index contributed by atoms with van der Waals surface area (Å²) in [6.45, 7) is 6.53. The van der Waals surface area contributed by atoms with Crippen LogP contribution in [0.2, 0.25) is 0 Å². The van der Waals surface area contributed by atoms with Gasteiger partial charge in [-0.1, -0.05) is 20.8 Å². The summed E-state index contributed by atoms with van der Waals surface area (Å²) in [6, 6.07) is 2.81. The number of sulfonamides is 1. The van der Waals surface area contributed by atoms with Crippen LogP contribution in [0.4, 0.5) is 13.2 Å². The first-order valence-corrected chi connectivity index (χ1v) is 11.3. The molecule has 0 fully saturated rings. The quantitative estimate of drug-likeness (QED) is 0.552. The fraction of sp³-hybridized carbons (Fsp3) is 0.421. The number of rotatable bonds is 4. The Balaban J connectivity index is 1.72. The van der Waals surface area contributed by atoms with Crippen molar-refractivity contribution < 1.29 is 26.4 Å². The van der Waals surface area contributed by atoms with E-state index >= 15 is 0 Å². The van der Waals surface area contributed by atoms with E-state index in [2.05, 4.69) is 20.8 Å². The number of hydrogen-bond acceptors (Lipinski definition) is 4. The Bertz CT molecular complexity index is 1060. The number of halogens is 3. The minimum Gasteiger partial charge on any atom is -0.273 e. The number of carbonyl (C=O) groups is 1. The summed E-state index contributed by atoms with van der Waals surface area (Å²) in [5.41, 5.74) is 3.22. The van der Waals surface area contributed by atoms with Crippen LogP contribution in [-0.2, 0) is 22.9 Å². The van der Waals surface area contributed by atoms with Gasteiger partial charge in [-0.3, -0.25) is 10.2 Å². The van der Waals surface area contributed by atoms with Crippen LogP contribution in [0, 0.1) is 28.8 Å². The van der Waals surface area contributed by atoms with Gasteiger partial charge in [-0.25, -0.2) is 21.6 Å². The van der Waals surface area contributed by atoms with Gasteiger partial charge in [0.05, 0.1) is 4.88 Å². The lowest BCUT2D eigenvalue weighted by molar-refractivity contribution is 0.0949. The number of aryl methyl sites for hydroxylation is 1. The first-order valence-electron chi connectivity index (χ1n) is 8.97. The fourth-order valence-electron chi connectivity index (χ4n) is 3.32. The summed E-state index contributed by atoms with van der Waals surface area (Å²) < 4.78 is 64.3. The highest BCUT2D eigenvalue weighted by Crippen LogP contribution is 2.40. The predicted molar refractivity (Wildman–Crippen MR) is 103 cm³/mol. The molecule has 2 aromatic rings. The molecule has 0 radical (unpaired) electrons. The smallest absolute Gasteiger partial charge is 0.273 e. The molecule has 5 nitrogen and oxygen atoms in total. The zero-order valence-corrected chi connectivity index (χ0v) is 17.7. The van der Waals surface area contributed by atoms with Crippen molar-refractivity contribution in [3.05, 3.63) is 51.0 Å². The first kappa shape index (κ1) is 21.8. The van der Waals surface area contributed by atoms with Gasteiger partial charge < -0.3 is 0 Å². The lowest BCUT2D eigenvalue weighted by Gasteiger charge is -2.33. The standard InChI is InChI=1S/C19H21F3N2O3S2/c1-19(2,3)11-4-6-13-10(8-11)9-14(28-13)18(25)23-24-29(26,27)15-7-5-12(20)16(21)17(15)22/h5,7,9,11,24H,4,6,8H2,1-3H3,(H,23,25). The van der Waals surface area contributed by atoms with E-state index in [1.165, 1.54) is 11.3 Å². The molecule has 1 atom stereocenters. The average Bonchev–Trinajstić information content (AvgIpc) is 3.06. The van der Waals surface area contributed by atoms with E-state index in [9.17, 15) is 26.4 Å². The Labute approximate surface area is 171 Å². The average molecular weight is 447 g/mol. The SMILES string of the molecule is CC(C)(C)C1CCc2sc(C(=O)NNS(=O)(=O)c3ccc(F)c(F)c3F)cc2C1. The van der Waals surface area contributed by atoms with Crippen molar-refractivity contribution in [2.24, 2.45) is 11.3 Å². The topological polar surface area (TPSA) is 75.3 Å². The molecule has 1 aliphatic rings. The fourth-order valence-corrected chi connectivity index (χ4v) is 5.33. The summed E-state index contributed by atoms with van der Waals surface area (Å²) in [7, 11) is -4.62. The van der Waals surface area contributed by atoms with Crippen LogP contribution in [0.3, 0.4) is 0 Å². The molecule has 1 aromatic carbocycles. The minimum atomic E-state index is -4.62. The Hall–Kier alpha value is -1.91. The van der Waals surface area contributed by atoms with Gasteiger partial charge in [-0.2, -0.15) is 0 Å². The molecule has 29 heavy (non-hydrogen) atoms. The molecule has 1 aromatic heterocycles. The second-order valence-electron chi connectivity index (χ2n) is 8.10. The molecule has 1 aliphatic carbocycles. The van der Waals surface area contributed by atoms with Crippen molar-refractivity contribution in [3.63, 3.8) is 0 Å². The highest BCUT2D eigenvalue weighted by Gasteiger charge is 2.31. The molecule has 1 amide bonds. The van der Waals surface area contributed by atoms with Crippen LogP contribution >= 0.6 is 11.3 Å². The molecule has 10 heteroatoms. The maximum atomic E-state index is 13.7. The number of thiophene rings is 1. The highest BCUT2D eigenvalue weighted by atomic mass is 32.2. The molecule has 1 heterocycles. The molecule has 0 spiro atoms. The molecule has 3 rings (SSSR count). The summed E-state index contributed by atoms with van der Waals surface area (Å²) >= 11 is 1.28. The van der Waals surface area contributed by atoms with Crippen LogP contribution < -0.4 is 10.3 Å². The number of amides is 1. The van der Waals surface area contributed by atoms with Crippen LogP contribution in [0.15, 0.2) is 23.1 Å².